The van der Waals surface area contributed by atoms with Crippen LogP contribution < -0.4 is 10.1 Å². The molecule has 0 aliphatic heterocycles. The largest absolute Gasteiger partial charge is 0.435 e. The Hall–Kier alpha value is -1.95. The third-order valence-electron chi connectivity index (χ3n) is 3.15. The van der Waals surface area contributed by atoms with Crippen molar-refractivity contribution in [2.24, 2.45) is 7.05 Å². The van der Waals surface area contributed by atoms with E-state index in [1.807, 2.05) is 17.8 Å². The fourth-order valence-electron chi connectivity index (χ4n) is 2.14. The summed E-state index contributed by atoms with van der Waals surface area (Å²) in [5, 5.41) is 3.42. The molecule has 0 aliphatic rings. The number of aromatic nitrogens is 2. The van der Waals surface area contributed by atoms with Gasteiger partial charge in [0.05, 0.1) is 6.04 Å². The van der Waals surface area contributed by atoms with Gasteiger partial charge >= 0.3 is 6.61 Å². The number of halogens is 2. The molecule has 0 saturated heterocycles. The maximum Gasteiger partial charge on any atom is 0.387 e. The van der Waals surface area contributed by atoms with E-state index in [4.69, 9.17) is 0 Å². The Balaban J connectivity index is 2.22. The molecule has 1 aromatic heterocycles. The van der Waals surface area contributed by atoms with Gasteiger partial charge in [-0.05, 0) is 30.7 Å². The zero-order valence-corrected chi connectivity index (χ0v) is 12.1. The maximum atomic E-state index is 12.2. The average Bonchev–Trinajstić information content (AvgIpc) is 2.87. The van der Waals surface area contributed by atoms with Crippen molar-refractivity contribution >= 4 is 0 Å². The summed E-state index contributed by atoms with van der Waals surface area (Å²) in [6.45, 7) is 0.119. The van der Waals surface area contributed by atoms with Crippen LogP contribution in [-0.2, 0) is 7.05 Å². The SMILES string of the molecule is CCCNC(c1ccc(OC(F)F)cc1)c1nccn1C. The van der Waals surface area contributed by atoms with Crippen molar-refractivity contribution in [3.8, 4) is 5.75 Å². The fraction of sp³-hybridized carbons (Fsp3) is 0.400. The Morgan fingerprint density at radius 1 is 1.29 bits per heavy atom. The summed E-state index contributed by atoms with van der Waals surface area (Å²) in [6.07, 6.45) is 4.61. The average molecular weight is 295 g/mol. The van der Waals surface area contributed by atoms with Crippen LogP contribution in [0.2, 0.25) is 0 Å². The molecule has 0 amide bonds. The second-order valence-corrected chi connectivity index (χ2v) is 4.73. The van der Waals surface area contributed by atoms with Gasteiger partial charge in [0.2, 0.25) is 0 Å². The third-order valence-corrected chi connectivity index (χ3v) is 3.15. The highest BCUT2D eigenvalue weighted by atomic mass is 19.3. The number of nitrogens with zero attached hydrogens (tertiary/aromatic N) is 2. The molecule has 1 aromatic carbocycles. The first-order valence-electron chi connectivity index (χ1n) is 6.87. The van der Waals surface area contributed by atoms with Gasteiger partial charge in [0.15, 0.2) is 0 Å². The normalized spacial score (nSPS) is 12.6. The van der Waals surface area contributed by atoms with Crippen LogP contribution in [0.5, 0.6) is 5.75 Å². The lowest BCUT2D eigenvalue weighted by Gasteiger charge is -2.19. The predicted molar refractivity (Wildman–Crippen MR) is 76.4 cm³/mol. The molecule has 0 radical (unpaired) electrons. The molecule has 114 valence electrons. The Morgan fingerprint density at radius 3 is 2.52 bits per heavy atom. The first-order chi connectivity index (χ1) is 10.1. The number of aryl methyl sites for hydroxylation is 1. The summed E-state index contributed by atoms with van der Waals surface area (Å²) in [7, 11) is 1.93. The van der Waals surface area contributed by atoms with E-state index in [0.717, 1.165) is 24.4 Å². The molecule has 0 bridgehead atoms. The van der Waals surface area contributed by atoms with Crippen molar-refractivity contribution in [1.29, 1.82) is 0 Å². The summed E-state index contributed by atoms with van der Waals surface area (Å²) in [5.41, 5.74) is 0.958. The molecular weight excluding hydrogens is 276 g/mol. The number of hydrogen-bond donors (Lipinski definition) is 1. The van der Waals surface area contributed by atoms with Crippen LogP contribution in [-0.4, -0.2) is 22.7 Å². The van der Waals surface area contributed by atoms with E-state index in [-0.39, 0.29) is 11.8 Å². The van der Waals surface area contributed by atoms with Crippen molar-refractivity contribution in [2.75, 3.05) is 6.54 Å². The first-order valence-corrected chi connectivity index (χ1v) is 6.87. The zero-order chi connectivity index (χ0) is 15.2. The summed E-state index contributed by atoms with van der Waals surface area (Å²) in [5.74, 6) is 1.04. The predicted octanol–water partition coefficient (Wildman–Crippen LogP) is 3.11. The van der Waals surface area contributed by atoms with Crippen LogP contribution in [0.25, 0.3) is 0 Å². The van der Waals surface area contributed by atoms with Crippen LogP contribution in [0, 0.1) is 0 Å². The molecule has 1 unspecified atom stereocenters. The van der Waals surface area contributed by atoms with Crippen LogP contribution in [0.4, 0.5) is 8.78 Å². The van der Waals surface area contributed by atoms with Gasteiger partial charge in [-0.3, -0.25) is 0 Å². The minimum Gasteiger partial charge on any atom is -0.435 e. The lowest BCUT2D eigenvalue weighted by molar-refractivity contribution is -0.0498. The molecule has 1 heterocycles. The molecule has 0 aliphatic carbocycles. The molecule has 6 heteroatoms. The monoisotopic (exact) mass is 295 g/mol. The van der Waals surface area contributed by atoms with Gasteiger partial charge in [0.1, 0.15) is 11.6 Å². The summed E-state index contributed by atoms with van der Waals surface area (Å²) >= 11 is 0. The molecule has 0 saturated carbocycles. The van der Waals surface area contributed by atoms with Crippen molar-refractivity contribution in [3.05, 3.63) is 48.0 Å². The number of rotatable bonds is 7. The standard InChI is InChI=1S/C15H19F2N3O/c1-3-8-18-13(14-19-9-10-20(14)2)11-4-6-12(7-5-11)21-15(16)17/h4-7,9-10,13,15,18H,3,8H2,1-2H3. The third kappa shape index (κ3) is 4.01. The van der Waals surface area contributed by atoms with E-state index >= 15 is 0 Å². The Bertz CT molecular complexity index is 554. The van der Waals surface area contributed by atoms with Crippen molar-refractivity contribution < 1.29 is 13.5 Å². The summed E-state index contributed by atoms with van der Waals surface area (Å²) in [4.78, 5) is 4.37. The number of nitrogens with one attached hydrogen (secondary N) is 1. The zero-order valence-electron chi connectivity index (χ0n) is 12.1. The molecule has 21 heavy (non-hydrogen) atoms. The number of benzene rings is 1. The minimum absolute atomic E-state index is 0.0782. The van der Waals surface area contributed by atoms with Gasteiger partial charge in [-0.25, -0.2) is 4.98 Å². The Labute approximate surface area is 122 Å². The number of hydrogen-bond acceptors (Lipinski definition) is 3. The lowest BCUT2D eigenvalue weighted by Crippen LogP contribution is -2.25. The molecule has 0 spiro atoms. The second kappa shape index (κ2) is 7.17. The lowest BCUT2D eigenvalue weighted by atomic mass is 10.1. The first kappa shape index (κ1) is 15.4. The van der Waals surface area contributed by atoms with E-state index in [0.29, 0.717) is 0 Å². The highest BCUT2D eigenvalue weighted by Crippen LogP contribution is 2.23. The highest BCUT2D eigenvalue weighted by Gasteiger charge is 2.17. The number of ether oxygens (including phenoxy) is 1. The molecule has 4 nitrogen and oxygen atoms in total. The van der Waals surface area contributed by atoms with Gasteiger partial charge in [0.25, 0.3) is 0 Å². The smallest absolute Gasteiger partial charge is 0.387 e. The van der Waals surface area contributed by atoms with Gasteiger partial charge in [-0.1, -0.05) is 19.1 Å². The van der Waals surface area contributed by atoms with Crippen LogP contribution in [0.3, 0.4) is 0 Å². The molecular formula is C15H19F2N3O. The summed E-state index contributed by atoms with van der Waals surface area (Å²) < 4.78 is 30.7. The van der Waals surface area contributed by atoms with E-state index in [1.54, 1.807) is 30.5 Å². The van der Waals surface area contributed by atoms with Gasteiger partial charge in [-0.2, -0.15) is 8.78 Å². The van der Waals surface area contributed by atoms with E-state index in [9.17, 15) is 8.78 Å². The van der Waals surface area contributed by atoms with Crippen molar-refractivity contribution in [2.45, 2.75) is 26.0 Å². The van der Waals surface area contributed by atoms with E-state index in [1.165, 1.54) is 0 Å². The van der Waals surface area contributed by atoms with E-state index in [2.05, 4.69) is 22.0 Å². The van der Waals surface area contributed by atoms with Crippen LogP contribution in [0.1, 0.15) is 30.8 Å². The molecule has 2 rings (SSSR count). The van der Waals surface area contributed by atoms with E-state index < -0.39 is 6.61 Å². The number of alkyl halides is 2. The van der Waals surface area contributed by atoms with Crippen molar-refractivity contribution in [3.63, 3.8) is 0 Å². The topological polar surface area (TPSA) is 39.1 Å². The van der Waals surface area contributed by atoms with Crippen molar-refractivity contribution in [1.82, 2.24) is 14.9 Å². The quantitative estimate of drug-likeness (QED) is 0.853. The van der Waals surface area contributed by atoms with Gasteiger partial charge in [0, 0.05) is 19.4 Å². The minimum atomic E-state index is -2.81. The molecule has 0 fully saturated rings. The Morgan fingerprint density at radius 2 is 2.00 bits per heavy atom. The molecule has 1 N–H and O–H groups in total. The van der Waals surface area contributed by atoms with Gasteiger partial charge in [-0.15, -0.1) is 0 Å². The fourth-order valence-corrected chi connectivity index (χ4v) is 2.14. The molecule has 1 atom stereocenters. The van der Waals surface area contributed by atoms with Crippen LogP contribution >= 0.6 is 0 Å². The second-order valence-electron chi connectivity index (χ2n) is 4.73. The highest BCUT2D eigenvalue weighted by molar-refractivity contribution is 5.32. The molecule has 2 aromatic rings. The summed E-state index contributed by atoms with van der Waals surface area (Å²) in [6, 6.07) is 6.57. The number of imidazole rings is 1. The van der Waals surface area contributed by atoms with Gasteiger partial charge < -0.3 is 14.6 Å². The Kier molecular flexibility index (Phi) is 5.27. The maximum absolute atomic E-state index is 12.2. The van der Waals surface area contributed by atoms with Crippen LogP contribution in [0.15, 0.2) is 36.7 Å².